The first kappa shape index (κ1) is 11.5. The van der Waals surface area contributed by atoms with Crippen LogP contribution in [0.4, 0.5) is 0 Å². The lowest BCUT2D eigenvalue weighted by Crippen LogP contribution is -2.49. The van der Waals surface area contributed by atoms with Crippen LogP contribution in [-0.4, -0.2) is 35.5 Å². The smallest absolute Gasteiger partial charge is 0.298 e. The monoisotopic (exact) mass is 220 g/mol. The number of rotatable bonds is 2. The number of carbonyl (C=O) groups is 1. The van der Waals surface area contributed by atoms with Gasteiger partial charge in [0.05, 0.1) is 0 Å². The van der Waals surface area contributed by atoms with Gasteiger partial charge in [-0.15, -0.1) is 0 Å². The third-order valence-electron chi connectivity index (χ3n) is 3.72. The van der Waals surface area contributed by atoms with E-state index < -0.39 is 0 Å². The lowest BCUT2D eigenvalue weighted by Gasteiger charge is -2.36. The highest BCUT2D eigenvalue weighted by Crippen LogP contribution is 2.29. The summed E-state index contributed by atoms with van der Waals surface area (Å²) in [7, 11) is 0. The van der Waals surface area contributed by atoms with Crippen LogP contribution in [0.25, 0.3) is 0 Å². The van der Waals surface area contributed by atoms with Crippen molar-refractivity contribution >= 4 is 5.91 Å². The van der Waals surface area contributed by atoms with E-state index >= 15 is 0 Å². The zero-order valence-corrected chi connectivity index (χ0v) is 10.1. The minimum atomic E-state index is -0.00343. The van der Waals surface area contributed by atoms with E-state index in [1.54, 1.807) is 6.92 Å². The predicted octanol–water partition coefficient (Wildman–Crippen LogP) is 1.14. The molecule has 16 heavy (non-hydrogen) atoms. The number of carbonyl (C=O) groups excluding carboxylic acids is 1. The summed E-state index contributed by atoms with van der Waals surface area (Å²) in [6.45, 7) is 4.54. The molecule has 88 valence electrons. The van der Waals surface area contributed by atoms with Crippen LogP contribution in [0.1, 0.15) is 39.5 Å². The van der Waals surface area contributed by atoms with Crippen molar-refractivity contribution in [1.29, 1.82) is 0 Å². The Bertz CT molecular complexity index is 317. The Hall–Kier alpha value is -1.01. The Labute approximate surface area is 97.6 Å². The first-order valence-electron chi connectivity index (χ1n) is 6.24. The Morgan fingerprint density at radius 3 is 2.50 bits per heavy atom. The third kappa shape index (κ3) is 2.22. The molecule has 0 aromatic carbocycles. The van der Waals surface area contributed by atoms with E-state index in [1.807, 2.05) is 11.8 Å². The van der Waals surface area contributed by atoms with Crippen LogP contribution in [0.2, 0.25) is 0 Å². The molecule has 0 aromatic heterocycles. The Morgan fingerprint density at radius 1 is 1.38 bits per heavy atom. The molecular formula is C13H20N2O. The van der Waals surface area contributed by atoms with Gasteiger partial charge in [0.1, 0.15) is 0 Å². The summed E-state index contributed by atoms with van der Waals surface area (Å²) in [4.78, 5) is 13.8. The van der Waals surface area contributed by atoms with Gasteiger partial charge in [0.2, 0.25) is 0 Å². The summed E-state index contributed by atoms with van der Waals surface area (Å²) in [5, 5.41) is 3.60. The van der Waals surface area contributed by atoms with Crippen LogP contribution in [-0.2, 0) is 4.79 Å². The fourth-order valence-electron chi connectivity index (χ4n) is 3.03. The standard InChI is InChI=1S/C13H20N2O/c1-3-5-13(16)15(4-2)12-8-10-6-7-11(9-12)14-10/h10-12,14H,4,6-9H2,1-2H3. The summed E-state index contributed by atoms with van der Waals surface area (Å²) in [5.41, 5.74) is 0. The van der Waals surface area contributed by atoms with E-state index in [1.165, 1.54) is 12.8 Å². The second-order valence-electron chi connectivity index (χ2n) is 4.73. The molecule has 1 N–H and O–H groups in total. The molecule has 2 bridgehead atoms. The largest absolute Gasteiger partial charge is 0.329 e. The molecule has 3 nitrogen and oxygen atoms in total. The second-order valence-corrected chi connectivity index (χ2v) is 4.73. The topological polar surface area (TPSA) is 32.3 Å². The SMILES string of the molecule is CC#CC(=O)N(CC)C1CC2CCC(C1)N2. The van der Waals surface area contributed by atoms with E-state index in [-0.39, 0.29) is 5.91 Å². The highest BCUT2D eigenvalue weighted by molar-refractivity contribution is 5.93. The zero-order chi connectivity index (χ0) is 11.5. The van der Waals surface area contributed by atoms with Crippen LogP contribution in [0.15, 0.2) is 0 Å². The van der Waals surface area contributed by atoms with E-state index in [9.17, 15) is 4.79 Å². The van der Waals surface area contributed by atoms with E-state index in [0.29, 0.717) is 18.1 Å². The van der Waals surface area contributed by atoms with Crippen molar-refractivity contribution in [3.8, 4) is 11.8 Å². The molecule has 2 aliphatic rings. The van der Waals surface area contributed by atoms with Crippen LogP contribution in [0, 0.1) is 11.8 Å². The van der Waals surface area contributed by atoms with Crippen molar-refractivity contribution in [3.05, 3.63) is 0 Å². The van der Waals surface area contributed by atoms with Gasteiger partial charge in [-0.3, -0.25) is 4.79 Å². The van der Waals surface area contributed by atoms with Gasteiger partial charge in [-0.2, -0.15) is 0 Å². The minimum absolute atomic E-state index is 0.00343. The lowest BCUT2D eigenvalue weighted by molar-refractivity contribution is -0.127. The number of amides is 1. The van der Waals surface area contributed by atoms with Crippen molar-refractivity contribution in [3.63, 3.8) is 0 Å². The number of nitrogens with zero attached hydrogens (tertiary/aromatic N) is 1. The fraction of sp³-hybridized carbons (Fsp3) is 0.769. The number of fused-ring (bicyclic) bond motifs is 2. The molecule has 0 radical (unpaired) electrons. The van der Waals surface area contributed by atoms with Crippen molar-refractivity contribution in [1.82, 2.24) is 10.2 Å². The van der Waals surface area contributed by atoms with Crippen molar-refractivity contribution < 1.29 is 4.79 Å². The molecule has 2 heterocycles. The normalized spacial score (nSPS) is 31.8. The highest BCUT2D eigenvalue weighted by Gasteiger charge is 2.36. The summed E-state index contributed by atoms with van der Waals surface area (Å²) < 4.78 is 0. The van der Waals surface area contributed by atoms with Gasteiger partial charge in [-0.25, -0.2) is 0 Å². The average Bonchev–Trinajstić information content (AvgIpc) is 2.59. The molecule has 2 aliphatic heterocycles. The van der Waals surface area contributed by atoms with Gasteiger partial charge < -0.3 is 10.2 Å². The van der Waals surface area contributed by atoms with E-state index in [4.69, 9.17) is 0 Å². The quantitative estimate of drug-likeness (QED) is 0.708. The molecule has 0 saturated carbocycles. The van der Waals surface area contributed by atoms with Crippen molar-refractivity contribution in [2.45, 2.75) is 57.7 Å². The minimum Gasteiger partial charge on any atom is -0.329 e. The molecular weight excluding hydrogens is 200 g/mol. The number of hydrogen-bond acceptors (Lipinski definition) is 2. The van der Waals surface area contributed by atoms with Crippen LogP contribution in [0.3, 0.4) is 0 Å². The maximum absolute atomic E-state index is 11.8. The number of piperidine rings is 1. The molecule has 0 spiro atoms. The highest BCUT2D eigenvalue weighted by atomic mass is 16.2. The van der Waals surface area contributed by atoms with Gasteiger partial charge in [0.15, 0.2) is 0 Å². The van der Waals surface area contributed by atoms with Crippen molar-refractivity contribution in [2.24, 2.45) is 0 Å². The molecule has 0 aliphatic carbocycles. The van der Waals surface area contributed by atoms with E-state index in [2.05, 4.69) is 17.2 Å². The Balaban J connectivity index is 2.03. The number of hydrogen-bond donors (Lipinski definition) is 1. The molecule has 1 amide bonds. The first-order valence-corrected chi connectivity index (χ1v) is 6.24. The maximum atomic E-state index is 11.8. The average molecular weight is 220 g/mol. The zero-order valence-electron chi connectivity index (χ0n) is 10.1. The Kier molecular flexibility index (Phi) is 3.50. The van der Waals surface area contributed by atoms with Gasteiger partial charge in [0, 0.05) is 24.7 Å². The molecule has 2 unspecified atom stereocenters. The molecule has 2 saturated heterocycles. The van der Waals surface area contributed by atoms with E-state index in [0.717, 1.165) is 19.4 Å². The van der Waals surface area contributed by atoms with Crippen LogP contribution < -0.4 is 5.32 Å². The maximum Gasteiger partial charge on any atom is 0.298 e. The van der Waals surface area contributed by atoms with Gasteiger partial charge >= 0.3 is 0 Å². The third-order valence-corrected chi connectivity index (χ3v) is 3.72. The molecule has 0 aromatic rings. The first-order chi connectivity index (χ1) is 7.74. The molecule has 3 heteroatoms. The van der Waals surface area contributed by atoms with Crippen LogP contribution >= 0.6 is 0 Å². The fourth-order valence-corrected chi connectivity index (χ4v) is 3.03. The summed E-state index contributed by atoms with van der Waals surface area (Å²) in [5.74, 6) is 5.36. The second kappa shape index (κ2) is 4.88. The number of nitrogens with one attached hydrogen (secondary N) is 1. The van der Waals surface area contributed by atoms with Gasteiger partial charge in [0.25, 0.3) is 5.91 Å². The van der Waals surface area contributed by atoms with Crippen molar-refractivity contribution in [2.75, 3.05) is 6.54 Å². The van der Waals surface area contributed by atoms with Gasteiger partial charge in [-0.1, -0.05) is 5.92 Å². The molecule has 2 fully saturated rings. The summed E-state index contributed by atoms with van der Waals surface area (Å²) in [6.07, 6.45) is 4.74. The lowest BCUT2D eigenvalue weighted by atomic mass is 9.98. The van der Waals surface area contributed by atoms with Gasteiger partial charge in [-0.05, 0) is 45.5 Å². The molecule has 2 atom stereocenters. The molecule has 2 rings (SSSR count). The predicted molar refractivity (Wildman–Crippen MR) is 63.8 cm³/mol. The van der Waals surface area contributed by atoms with Crippen LogP contribution in [0.5, 0.6) is 0 Å². The summed E-state index contributed by atoms with van der Waals surface area (Å²) in [6, 6.07) is 1.65. The summed E-state index contributed by atoms with van der Waals surface area (Å²) >= 11 is 0. The Morgan fingerprint density at radius 2 is 2.00 bits per heavy atom.